The largest absolute Gasteiger partial charge is 0.252 e. The first-order valence-electron chi connectivity index (χ1n) is 8.86. The summed E-state index contributed by atoms with van der Waals surface area (Å²) in [4.78, 5) is 9.89. The van der Waals surface area contributed by atoms with Crippen molar-refractivity contribution < 1.29 is 0 Å². The molecule has 4 aromatic carbocycles. The van der Waals surface area contributed by atoms with E-state index in [0.29, 0.717) is 0 Å². The summed E-state index contributed by atoms with van der Waals surface area (Å²) in [6.45, 7) is 4.29. The lowest BCUT2D eigenvalue weighted by molar-refractivity contribution is 1.31. The van der Waals surface area contributed by atoms with Crippen LogP contribution in [0.4, 0.5) is 0 Å². The van der Waals surface area contributed by atoms with Crippen molar-refractivity contribution in [3.8, 4) is 11.3 Å². The molecule has 1 aromatic heterocycles. The molecule has 0 aliphatic rings. The van der Waals surface area contributed by atoms with Gasteiger partial charge in [-0.2, -0.15) is 0 Å². The van der Waals surface area contributed by atoms with Gasteiger partial charge in [-0.15, -0.1) is 0 Å². The van der Waals surface area contributed by atoms with Crippen LogP contribution in [0.15, 0.2) is 72.9 Å². The van der Waals surface area contributed by atoms with Crippen LogP contribution in [0.25, 0.3) is 43.8 Å². The second-order valence-electron chi connectivity index (χ2n) is 6.86. The highest BCUT2D eigenvalue weighted by atomic mass is 14.8. The van der Waals surface area contributed by atoms with Gasteiger partial charge in [0.25, 0.3) is 0 Å². The van der Waals surface area contributed by atoms with E-state index in [1.54, 1.807) is 0 Å². The summed E-state index contributed by atoms with van der Waals surface area (Å²) in [7, 11) is 0. The molecule has 2 nitrogen and oxygen atoms in total. The first-order valence-corrected chi connectivity index (χ1v) is 8.86. The number of aromatic nitrogens is 2. The topological polar surface area (TPSA) is 25.8 Å². The predicted molar refractivity (Wildman–Crippen MR) is 109 cm³/mol. The summed E-state index contributed by atoms with van der Waals surface area (Å²) in [5, 5.41) is 4.86. The molecule has 0 radical (unpaired) electrons. The Kier molecular flexibility index (Phi) is 3.26. The monoisotopic (exact) mass is 334 g/mol. The average molecular weight is 334 g/mol. The zero-order chi connectivity index (χ0) is 17.7. The van der Waals surface area contributed by atoms with Gasteiger partial charge >= 0.3 is 0 Å². The Bertz CT molecular complexity index is 1290. The van der Waals surface area contributed by atoms with Gasteiger partial charge < -0.3 is 0 Å². The number of hydrogen-bond acceptors (Lipinski definition) is 2. The minimum atomic E-state index is 0.911. The molecule has 1 heterocycles. The van der Waals surface area contributed by atoms with E-state index < -0.39 is 0 Å². The SMILES string of the molecule is Cc1ccc2c(c1)c1cccc(C)c1c1nc(-c3ccccc3)cnc21. The van der Waals surface area contributed by atoms with Crippen molar-refractivity contribution in [2.24, 2.45) is 0 Å². The second kappa shape index (κ2) is 5.63. The predicted octanol–water partition coefficient (Wildman–Crippen LogP) is 6.22. The van der Waals surface area contributed by atoms with Gasteiger partial charge in [0, 0.05) is 16.3 Å². The summed E-state index contributed by atoms with van der Waals surface area (Å²) in [6, 6.07) is 23.3. The van der Waals surface area contributed by atoms with Gasteiger partial charge in [0.2, 0.25) is 0 Å². The van der Waals surface area contributed by atoms with E-state index in [1.165, 1.54) is 27.3 Å². The van der Waals surface area contributed by atoms with Gasteiger partial charge in [0.05, 0.1) is 22.9 Å². The maximum atomic E-state index is 5.04. The highest BCUT2D eigenvalue weighted by Gasteiger charge is 2.13. The van der Waals surface area contributed by atoms with Gasteiger partial charge in [-0.1, -0.05) is 72.3 Å². The third kappa shape index (κ3) is 2.19. The van der Waals surface area contributed by atoms with E-state index in [0.717, 1.165) is 27.7 Å². The Morgan fingerprint density at radius 3 is 2.38 bits per heavy atom. The summed E-state index contributed by atoms with van der Waals surface area (Å²) in [5.41, 5.74) is 6.45. The number of rotatable bonds is 1. The van der Waals surface area contributed by atoms with Gasteiger partial charge in [-0.25, -0.2) is 4.98 Å². The first kappa shape index (κ1) is 15.0. The lowest BCUT2D eigenvalue weighted by atomic mass is 9.95. The molecule has 0 fully saturated rings. The van der Waals surface area contributed by atoms with Crippen LogP contribution in [0.3, 0.4) is 0 Å². The highest BCUT2D eigenvalue weighted by Crippen LogP contribution is 2.36. The van der Waals surface area contributed by atoms with Crippen LogP contribution < -0.4 is 0 Å². The molecule has 0 spiro atoms. The number of aryl methyl sites for hydroxylation is 2. The number of benzene rings is 4. The minimum absolute atomic E-state index is 0.911. The lowest BCUT2D eigenvalue weighted by Gasteiger charge is -2.12. The molecular weight excluding hydrogens is 316 g/mol. The molecule has 0 bridgehead atoms. The first-order chi connectivity index (χ1) is 12.7. The van der Waals surface area contributed by atoms with E-state index in [9.17, 15) is 0 Å². The molecule has 5 aromatic rings. The van der Waals surface area contributed by atoms with Crippen molar-refractivity contribution in [3.63, 3.8) is 0 Å². The lowest BCUT2D eigenvalue weighted by Crippen LogP contribution is -1.93. The van der Waals surface area contributed by atoms with E-state index in [2.05, 4.69) is 62.4 Å². The quantitative estimate of drug-likeness (QED) is 0.340. The van der Waals surface area contributed by atoms with Gasteiger partial charge in [-0.05, 0) is 30.2 Å². The number of hydrogen-bond donors (Lipinski definition) is 0. The Morgan fingerprint density at radius 2 is 1.54 bits per heavy atom. The van der Waals surface area contributed by atoms with Crippen LogP contribution in [-0.2, 0) is 0 Å². The molecule has 0 aliphatic carbocycles. The van der Waals surface area contributed by atoms with E-state index in [1.807, 2.05) is 24.4 Å². The molecule has 0 aliphatic heterocycles. The minimum Gasteiger partial charge on any atom is -0.252 e. The molecule has 26 heavy (non-hydrogen) atoms. The Labute approximate surface area is 152 Å². The average Bonchev–Trinajstić information content (AvgIpc) is 2.68. The summed E-state index contributed by atoms with van der Waals surface area (Å²) in [6.07, 6.45) is 1.89. The molecule has 0 N–H and O–H groups in total. The molecular formula is C24H18N2. The molecule has 5 rings (SSSR count). The van der Waals surface area contributed by atoms with Crippen molar-refractivity contribution in [2.45, 2.75) is 13.8 Å². The van der Waals surface area contributed by atoms with Crippen LogP contribution in [0.1, 0.15) is 11.1 Å². The van der Waals surface area contributed by atoms with E-state index in [4.69, 9.17) is 9.97 Å². The van der Waals surface area contributed by atoms with Crippen molar-refractivity contribution in [1.82, 2.24) is 9.97 Å². The smallest absolute Gasteiger partial charge is 0.0981 e. The Balaban J connectivity index is 1.99. The van der Waals surface area contributed by atoms with Gasteiger partial charge in [0.15, 0.2) is 0 Å². The van der Waals surface area contributed by atoms with Gasteiger partial charge in [-0.3, -0.25) is 4.98 Å². The van der Waals surface area contributed by atoms with Crippen LogP contribution >= 0.6 is 0 Å². The van der Waals surface area contributed by atoms with Crippen LogP contribution in [-0.4, -0.2) is 9.97 Å². The fourth-order valence-electron chi connectivity index (χ4n) is 3.80. The van der Waals surface area contributed by atoms with Crippen LogP contribution in [0, 0.1) is 13.8 Å². The molecule has 0 unspecified atom stereocenters. The zero-order valence-electron chi connectivity index (χ0n) is 14.8. The van der Waals surface area contributed by atoms with Crippen molar-refractivity contribution in [3.05, 3.63) is 84.1 Å². The van der Waals surface area contributed by atoms with Crippen LogP contribution in [0.2, 0.25) is 0 Å². The molecule has 0 saturated heterocycles. The third-order valence-electron chi connectivity index (χ3n) is 5.07. The third-order valence-corrected chi connectivity index (χ3v) is 5.07. The summed E-state index contributed by atoms with van der Waals surface area (Å²) >= 11 is 0. The van der Waals surface area contributed by atoms with E-state index in [-0.39, 0.29) is 0 Å². The molecule has 124 valence electrons. The fourth-order valence-corrected chi connectivity index (χ4v) is 3.80. The standard InChI is InChI=1S/C24H18N2/c1-15-11-12-19-20(13-15)18-10-6-7-16(2)22(18)24-23(19)25-14-21(26-24)17-8-4-3-5-9-17/h3-14H,1-2H3. The summed E-state index contributed by atoms with van der Waals surface area (Å²) < 4.78 is 0. The Morgan fingerprint density at radius 1 is 0.692 bits per heavy atom. The van der Waals surface area contributed by atoms with Crippen molar-refractivity contribution in [1.29, 1.82) is 0 Å². The normalized spacial score (nSPS) is 11.5. The maximum absolute atomic E-state index is 5.04. The molecule has 0 saturated carbocycles. The van der Waals surface area contributed by atoms with Gasteiger partial charge in [0.1, 0.15) is 0 Å². The summed E-state index contributed by atoms with van der Waals surface area (Å²) in [5.74, 6) is 0. The second-order valence-corrected chi connectivity index (χ2v) is 6.86. The van der Waals surface area contributed by atoms with E-state index >= 15 is 0 Å². The maximum Gasteiger partial charge on any atom is 0.0981 e. The number of fused-ring (bicyclic) bond motifs is 6. The van der Waals surface area contributed by atoms with Crippen molar-refractivity contribution in [2.75, 3.05) is 0 Å². The zero-order valence-corrected chi connectivity index (χ0v) is 14.8. The molecule has 0 amide bonds. The van der Waals surface area contributed by atoms with Crippen LogP contribution in [0.5, 0.6) is 0 Å². The number of nitrogens with zero attached hydrogens (tertiary/aromatic N) is 2. The van der Waals surface area contributed by atoms with Crippen molar-refractivity contribution >= 4 is 32.6 Å². The molecule has 0 atom stereocenters. The Hall–Kier alpha value is -3.26. The molecule has 2 heteroatoms. The fraction of sp³-hybridized carbons (Fsp3) is 0.0833. The highest BCUT2D eigenvalue weighted by molar-refractivity contribution is 6.24.